The van der Waals surface area contributed by atoms with Crippen LogP contribution in [0, 0.1) is 0 Å². The van der Waals surface area contributed by atoms with Crippen LogP contribution in [0.15, 0.2) is 24.5 Å². The Balaban J connectivity index is 1.75. The number of aryl methyl sites for hydroxylation is 1. The average molecular weight is 358 g/mol. The Bertz CT molecular complexity index is 817. The van der Waals surface area contributed by atoms with Crippen molar-refractivity contribution in [3.63, 3.8) is 0 Å². The molecule has 1 aromatic carbocycles. The van der Waals surface area contributed by atoms with Crippen molar-refractivity contribution in [3.05, 3.63) is 35.9 Å². The maximum atomic E-state index is 12.5. The zero-order valence-corrected chi connectivity index (χ0v) is 15.0. The molecule has 0 spiro atoms. The SMILES string of the molecule is COc1ccc(C(=O)N(C)C)cc1NC(=O)NC1CCCn2ncnc21. The summed E-state index contributed by atoms with van der Waals surface area (Å²) in [5.41, 5.74) is 0.887. The monoisotopic (exact) mass is 358 g/mol. The second-order valence-electron chi connectivity index (χ2n) is 6.25. The van der Waals surface area contributed by atoms with Gasteiger partial charge in [0.15, 0.2) is 0 Å². The summed E-state index contributed by atoms with van der Waals surface area (Å²) < 4.78 is 7.08. The molecule has 9 nitrogen and oxygen atoms in total. The molecule has 0 aliphatic carbocycles. The largest absolute Gasteiger partial charge is 0.495 e. The van der Waals surface area contributed by atoms with Gasteiger partial charge < -0.3 is 20.3 Å². The first-order valence-corrected chi connectivity index (χ1v) is 8.34. The highest BCUT2D eigenvalue weighted by atomic mass is 16.5. The van der Waals surface area contributed by atoms with Crippen molar-refractivity contribution in [2.75, 3.05) is 26.5 Å². The topological polar surface area (TPSA) is 101 Å². The first-order valence-electron chi connectivity index (χ1n) is 8.34. The maximum absolute atomic E-state index is 12.5. The molecule has 1 atom stereocenters. The van der Waals surface area contributed by atoms with E-state index in [1.807, 2.05) is 0 Å². The van der Waals surface area contributed by atoms with Crippen molar-refractivity contribution in [2.45, 2.75) is 25.4 Å². The number of hydrogen-bond acceptors (Lipinski definition) is 5. The van der Waals surface area contributed by atoms with Crippen LogP contribution >= 0.6 is 0 Å². The number of hydrogen-bond donors (Lipinski definition) is 2. The number of carbonyl (C=O) groups is 2. The molecule has 1 aromatic heterocycles. The van der Waals surface area contributed by atoms with Gasteiger partial charge >= 0.3 is 6.03 Å². The molecule has 1 aliphatic rings. The Kier molecular flexibility index (Phi) is 5.06. The summed E-state index contributed by atoms with van der Waals surface area (Å²) in [5.74, 6) is 1.06. The Morgan fingerprint density at radius 2 is 2.15 bits per heavy atom. The predicted molar refractivity (Wildman–Crippen MR) is 95.2 cm³/mol. The molecule has 138 valence electrons. The minimum absolute atomic E-state index is 0.156. The van der Waals surface area contributed by atoms with E-state index < -0.39 is 0 Å². The van der Waals surface area contributed by atoms with E-state index in [2.05, 4.69) is 20.7 Å². The van der Waals surface area contributed by atoms with Crippen LogP contribution in [0.3, 0.4) is 0 Å². The van der Waals surface area contributed by atoms with Crippen LogP contribution in [-0.4, -0.2) is 52.8 Å². The zero-order chi connectivity index (χ0) is 18.7. The number of rotatable bonds is 4. The van der Waals surface area contributed by atoms with Gasteiger partial charge in [-0.3, -0.25) is 4.79 Å². The number of carbonyl (C=O) groups excluding carboxylic acids is 2. The van der Waals surface area contributed by atoms with Gasteiger partial charge in [0.1, 0.15) is 17.9 Å². The molecule has 2 N–H and O–H groups in total. The lowest BCUT2D eigenvalue weighted by atomic mass is 10.1. The van der Waals surface area contributed by atoms with Crippen molar-refractivity contribution in [1.82, 2.24) is 25.0 Å². The molecule has 0 radical (unpaired) electrons. The fraction of sp³-hybridized carbons (Fsp3) is 0.412. The molecule has 2 aromatic rings. The highest BCUT2D eigenvalue weighted by molar-refractivity contribution is 5.97. The summed E-state index contributed by atoms with van der Waals surface area (Å²) in [4.78, 5) is 30.3. The van der Waals surface area contributed by atoms with E-state index in [-0.39, 0.29) is 18.0 Å². The molecule has 26 heavy (non-hydrogen) atoms. The lowest BCUT2D eigenvalue weighted by molar-refractivity contribution is 0.0827. The summed E-state index contributed by atoms with van der Waals surface area (Å²) in [7, 11) is 4.85. The van der Waals surface area contributed by atoms with Crippen molar-refractivity contribution >= 4 is 17.6 Å². The highest BCUT2D eigenvalue weighted by Gasteiger charge is 2.24. The molecular formula is C17H22N6O3. The molecule has 9 heteroatoms. The second kappa shape index (κ2) is 7.42. The molecule has 1 aliphatic heterocycles. The normalized spacial score (nSPS) is 15.7. The van der Waals surface area contributed by atoms with E-state index in [9.17, 15) is 9.59 Å². The minimum Gasteiger partial charge on any atom is -0.495 e. The van der Waals surface area contributed by atoms with Gasteiger partial charge in [-0.15, -0.1) is 0 Å². The Morgan fingerprint density at radius 3 is 2.88 bits per heavy atom. The van der Waals surface area contributed by atoms with Gasteiger partial charge in [-0.25, -0.2) is 14.5 Å². The molecule has 0 saturated heterocycles. The molecule has 3 rings (SSSR count). The quantitative estimate of drug-likeness (QED) is 0.865. The molecule has 3 amide bonds. The lowest BCUT2D eigenvalue weighted by Crippen LogP contribution is -2.36. The summed E-state index contributed by atoms with van der Waals surface area (Å²) in [6.07, 6.45) is 3.20. The van der Waals surface area contributed by atoms with Gasteiger partial charge in [-0.1, -0.05) is 0 Å². The molecule has 0 fully saturated rings. The molecule has 0 saturated carbocycles. The van der Waals surface area contributed by atoms with Crippen molar-refractivity contribution in [3.8, 4) is 5.75 Å². The summed E-state index contributed by atoms with van der Waals surface area (Å²) in [6, 6.07) is 4.32. The number of nitrogens with zero attached hydrogens (tertiary/aromatic N) is 4. The van der Waals surface area contributed by atoms with Gasteiger partial charge in [0.25, 0.3) is 5.91 Å². The van der Waals surface area contributed by atoms with Crippen LogP contribution in [0.1, 0.15) is 35.1 Å². The van der Waals surface area contributed by atoms with Crippen LogP contribution in [-0.2, 0) is 6.54 Å². The number of methoxy groups -OCH3 is 1. The third-order valence-corrected chi connectivity index (χ3v) is 4.23. The van der Waals surface area contributed by atoms with Gasteiger partial charge in [0.2, 0.25) is 0 Å². The Labute approximate surface area is 151 Å². The fourth-order valence-corrected chi connectivity index (χ4v) is 2.94. The smallest absolute Gasteiger partial charge is 0.319 e. The number of amides is 3. The van der Waals surface area contributed by atoms with Crippen molar-refractivity contribution in [2.24, 2.45) is 0 Å². The number of aromatic nitrogens is 3. The third kappa shape index (κ3) is 3.61. The number of fused-ring (bicyclic) bond motifs is 1. The van der Waals surface area contributed by atoms with Gasteiger partial charge in [-0.2, -0.15) is 5.10 Å². The fourth-order valence-electron chi connectivity index (χ4n) is 2.94. The number of benzene rings is 1. The molecular weight excluding hydrogens is 336 g/mol. The Morgan fingerprint density at radius 1 is 1.35 bits per heavy atom. The summed E-state index contributed by atoms with van der Waals surface area (Å²) in [6.45, 7) is 0.803. The second-order valence-corrected chi connectivity index (χ2v) is 6.25. The van der Waals surface area contributed by atoms with E-state index >= 15 is 0 Å². The van der Waals surface area contributed by atoms with Crippen molar-refractivity contribution in [1.29, 1.82) is 0 Å². The van der Waals surface area contributed by atoms with E-state index in [1.54, 1.807) is 37.0 Å². The summed E-state index contributed by atoms with van der Waals surface area (Å²) in [5, 5.41) is 9.82. The number of anilines is 1. The van der Waals surface area contributed by atoms with Crippen LogP contribution in [0.4, 0.5) is 10.5 Å². The number of urea groups is 1. The zero-order valence-electron chi connectivity index (χ0n) is 15.0. The van der Waals surface area contributed by atoms with E-state index in [0.717, 1.165) is 25.2 Å². The van der Waals surface area contributed by atoms with Crippen LogP contribution < -0.4 is 15.4 Å². The van der Waals surface area contributed by atoms with Gasteiger partial charge in [0, 0.05) is 26.2 Å². The molecule has 2 heterocycles. The van der Waals surface area contributed by atoms with E-state index in [1.165, 1.54) is 18.3 Å². The van der Waals surface area contributed by atoms with E-state index in [0.29, 0.717) is 17.0 Å². The van der Waals surface area contributed by atoms with Crippen LogP contribution in [0.5, 0.6) is 5.75 Å². The molecule has 1 unspecified atom stereocenters. The minimum atomic E-state index is -0.390. The molecule has 0 bridgehead atoms. The number of nitrogens with one attached hydrogen (secondary N) is 2. The average Bonchev–Trinajstić information content (AvgIpc) is 3.10. The number of ether oxygens (including phenoxy) is 1. The van der Waals surface area contributed by atoms with Crippen LogP contribution in [0.2, 0.25) is 0 Å². The first-order chi connectivity index (χ1) is 12.5. The predicted octanol–water partition coefficient (Wildman–Crippen LogP) is 1.65. The van der Waals surface area contributed by atoms with Crippen LogP contribution in [0.25, 0.3) is 0 Å². The first kappa shape index (κ1) is 17.7. The van der Waals surface area contributed by atoms with E-state index in [4.69, 9.17) is 4.74 Å². The third-order valence-electron chi connectivity index (χ3n) is 4.23. The maximum Gasteiger partial charge on any atom is 0.319 e. The lowest BCUT2D eigenvalue weighted by Gasteiger charge is -2.23. The van der Waals surface area contributed by atoms with Gasteiger partial charge in [0.05, 0.1) is 18.8 Å². The van der Waals surface area contributed by atoms with Crippen molar-refractivity contribution < 1.29 is 14.3 Å². The standard InChI is InChI=1S/C17H22N6O3/c1-22(2)16(24)11-6-7-14(26-3)13(9-11)21-17(25)20-12-5-4-8-23-15(12)18-10-19-23/h6-7,9-10,12H,4-5,8H2,1-3H3,(H2,20,21,25). The van der Waals surface area contributed by atoms with Gasteiger partial charge in [-0.05, 0) is 31.0 Å². The Hall–Kier alpha value is -3.10. The summed E-state index contributed by atoms with van der Waals surface area (Å²) >= 11 is 0. The highest BCUT2D eigenvalue weighted by Crippen LogP contribution is 2.27.